The molecule has 1 fully saturated rings. The van der Waals surface area contributed by atoms with E-state index in [0.29, 0.717) is 0 Å². The number of rotatable bonds is 5. The van der Waals surface area contributed by atoms with Gasteiger partial charge in [-0.05, 0) is 24.7 Å². The van der Waals surface area contributed by atoms with E-state index < -0.39 is 0 Å². The summed E-state index contributed by atoms with van der Waals surface area (Å²) in [4.78, 5) is 0. The van der Waals surface area contributed by atoms with Crippen LogP contribution in [0.3, 0.4) is 0 Å². The van der Waals surface area contributed by atoms with E-state index in [2.05, 4.69) is 22.9 Å². The lowest BCUT2D eigenvalue weighted by atomic mass is 10.0. The third-order valence-electron chi connectivity index (χ3n) is 2.55. The van der Waals surface area contributed by atoms with Gasteiger partial charge in [0.1, 0.15) is 0 Å². The highest BCUT2D eigenvalue weighted by atomic mass is 79.9. The summed E-state index contributed by atoms with van der Waals surface area (Å²) in [6, 6.07) is 0. The molecule has 0 saturated heterocycles. The minimum absolute atomic E-state index is 0.759. The van der Waals surface area contributed by atoms with Crippen molar-refractivity contribution in [3.8, 4) is 0 Å². The predicted octanol–water partition coefficient (Wildman–Crippen LogP) is 3.74. The highest BCUT2D eigenvalue weighted by molar-refractivity contribution is 9.09. The van der Waals surface area contributed by atoms with Crippen LogP contribution in [0.2, 0.25) is 0 Å². The molecule has 0 N–H and O–H groups in total. The molecule has 1 aliphatic rings. The van der Waals surface area contributed by atoms with Gasteiger partial charge in [-0.3, -0.25) is 0 Å². The molecule has 10 heavy (non-hydrogen) atoms. The topological polar surface area (TPSA) is 0 Å². The molecule has 0 aliphatic heterocycles. The number of alkyl halides is 1. The van der Waals surface area contributed by atoms with Gasteiger partial charge in [-0.25, -0.2) is 0 Å². The van der Waals surface area contributed by atoms with E-state index in [0.717, 1.165) is 5.41 Å². The zero-order valence-electron chi connectivity index (χ0n) is 6.83. The van der Waals surface area contributed by atoms with Crippen molar-refractivity contribution in [1.82, 2.24) is 0 Å². The van der Waals surface area contributed by atoms with E-state index >= 15 is 0 Å². The Labute approximate surface area is 72.5 Å². The second-order valence-electron chi connectivity index (χ2n) is 3.59. The molecule has 1 aliphatic carbocycles. The van der Waals surface area contributed by atoms with Gasteiger partial charge in [-0.2, -0.15) is 0 Å². The zero-order valence-corrected chi connectivity index (χ0v) is 8.41. The van der Waals surface area contributed by atoms with Crippen molar-refractivity contribution in [2.75, 3.05) is 5.33 Å². The Bertz CT molecular complexity index is 94.9. The lowest BCUT2D eigenvalue weighted by Gasteiger charge is -2.09. The Balaban J connectivity index is 2.01. The predicted molar refractivity (Wildman–Crippen MR) is 49.6 cm³/mol. The first kappa shape index (κ1) is 8.58. The highest BCUT2D eigenvalue weighted by Crippen LogP contribution is 2.51. The molecule has 0 unspecified atom stereocenters. The van der Waals surface area contributed by atoms with Crippen LogP contribution >= 0.6 is 15.9 Å². The van der Waals surface area contributed by atoms with Gasteiger partial charge in [-0.15, -0.1) is 0 Å². The van der Waals surface area contributed by atoms with Gasteiger partial charge in [-0.1, -0.05) is 42.1 Å². The number of halogens is 1. The first-order chi connectivity index (χ1) is 4.83. The molecule has 1 rings (SSSR count). The van der Waals surface area contributed by atoms with Crippen LogP contribution in [0.1, 0.15) is 45.4 Å². The second-order valence-corrected chi connectivity index (χ2v) is 4.15. The van der Waals surface area contributed by atoms with Gasteiger partial charge in [0, 0.05) is 5.33 Å². The van der Waals surface area contributed by atoms with Crippen LogP contribution < -0.4 is 0 Å². The van der Waals surface area contributed by atoms with Crippen molar-refractivity contribution in [2.24, 2.45) is 5.41 Å². The SMILES string of the molecule is CCCCCC1(CBr)CC1. The van der Waals surface area contributed by atoms with Crippen LogP contribution in [0.25, 0.3) is 0 Å². The first-order valence-corrected chi connectivity index (χ1v) is 5.51. The monoisotopic (exact) mass is 204 g/mol. The van der Waals surface area contributed by atoms with Crippen LogP contribution in [-0.2, 0) is 0 Å². The molecular weight excluding hydrogens is 188 g/mol. The summed E-state index contributed by atoms with van der Waals surface area (Å²) in [5.74, 6) is 0. The first-order valence-electron chi connectivity index (χ1n) is 4.39. The van der Waals surface area contributed by atoms with E-state index in [9.17, 15) is 0 Å². The molecule has 1 saturated carbocycles. The molecule has 0 spiro atoms. The Hall–Kier alpha value is 0.480. The van der Waals surface area contributed by atoms with Crippen molar-refractivity contribution in [3.05, 3.63) is 0 Å². The molecule has 60 valence electrons. The molecule has 0 heterocycles. The Morgan fingerprint density at radius 2 is 2.00 bits per heavy atom. The maximum Gasteiger partial charge on any atom is 0.00879 e. The fraction of sp³-hybridized carbons (Fsp3) is 1.00. The van der Waals surface area contributed by atoms with E-state index in [1.54, 1.807) is 0 Å². The third kappa shape index (κ3) is 2.26. The third-order valence-corrected chi connectivity index (χ3v) is 3.74. The molecule has 0 bridgehead atoms. The van der Waals surface area contributed by atoms with Crippen LogP contribution in [0.5, 0.6) is 0 Å². The average molecular weight is 205 g/mol. The van der Waals surface area contributed by atoms with Crippen LogP contribution in [0.4, 0.5) is 0 Å². The molecular formula is C9H17Br. The summed E-state index contributed by atoms with van der Waals surface area (Å²) in [6.07, 6.45) is 8.64. The normalized spacial score (nSPS) is 21.0. The summed E-state index contributed by atoms with van der Waals surface area (Å²) in [5.41, 5.74) is 0.759. The summed E-state index contributed by atoms with van der Waals surface area (Å²) in [6.45, 7) is 2.27. The largest absolute Gasteiger partial charge is 0.0922 e. The number of unbranched alkanes of at least 4 members (excludes halogenated alkanes) is 2. The van der Waals surface area contributed by atoms with Gasteiger partial charge >= 0.3 is 0 Å². The van der Waals surface area contributed by atoms with Gasteiger partial charge in [0.25, 0.3) is 0 Å². The molecule has 0 radical (unpaired) electrons. The summed E-state index contributed by atoms with van der Waals surface area (Å²) >= 11 is 3.59. The highest BCUT2D eigenvalue weighted by Gasteiger charge is 2.40. The molecule has 0 nitrogen and oxygen atoms in total. The summed E-state index contributed by atoms with van der Waals surface area (Å²) in [5, 5.41) is 1.24. The summed E-state index contributed by atoms with van der Waals surface area (Å²) < 4.78 is 0. The quantitative estimate of drug-likeness (QED) is 0.473. The van der Waals surface area contributed by atoms with Crippen molar-refractivity contribution in [1.29, 1.82) is 0 Å². The molecule has 0 atom stereocenters. The van der Waals surface area contributed by atoms with Gasteiger partial charge < -0.3 is 0 Å². The standard InChI is InChI=1S/C9H17Br/c1-2-3-4-5-9(8-10)6-7-9/h2-8H2,1H3. The minimum atomic E-state index is 0.759. The molecule has 0 aromatic rings. The molecule has 0 amide bonds. The van der Waals surface area contributed by atoms with Crippen LogP contribution in [0.15, 0.2) is 0 Å². The Kier molecular flexibility index (Phi) is 3.22. The lowest BCUT2D eigenvalue weighted by Crippen LogP contribution is -2.00. The van der Waals surface area contributed by atoms with Crippen molar-refractivity contribution < 1.29 is 0 Å². The Morgan fingerprint density at radius 1 is 1.30 bits per heavy atom. The van der Waals surface area contributed by atoms with Crippen molar-refractivity contribution in [2.45, 2.75) is 45.4 Å². The van der Waals surface area contributed by atoms with Crippen LogP contribution in [-0.4, -0.2) is 5.33 Å². The van der Waals surface area contributed by atoms with Crippen molar-refractivity contribution in [3.63, 3.8) is 0 Å². The fourth-order valence-electron chi connectivity index (χ4n) is 1.38. The smallest absolute Gasteiger partial charge is 0.00879 e. The fourth-order valence-corrected chi connectivity index (χ4v) is 2.22. The second kappa shape index (κ2) is 3.75. The number of hydrogen-bond donors (Lipinski definition) is 0. The van der Waals surface area contributed by atoms with E-state index in [-0.39, 0.29) is 0 Å². The minimum Gasteiger partial charge on any atom is -0.0922 e. The lowest BCUT2D eigenvalue weighted by molar-refractivity contribution is 0.491. The summed E-state index contributed by atoms with van der Waals surface area (Å²) in [7, 11) is 0. The molecule has 0 aromatic heterocycles. The van der Waals surface area contributed by atoms with E-state index in [4.69, 9.17) is 0 Å². The molecule has 1 heteroatoms. The van der Waals surface area contributed by atoms with Gasteiger partial charge in [0.15, 0.2) is 0 Å². The number of hydrogen-bond acceptors (Lipinski definition) is 0. The van der Waals surface area contributed by atoms with E-state index in [1.165, 1.54) is 43.9 Å². The van der Waals surface area contributed by atoms with Crippen LogP contribution in [0, 0.1) is 5.41 Å². The van der Waals surface area contributed by atoms with Crippen molar-refractivity contribution >= 4 is 15.9 Å². The zero-order chi connectivity index (χ0) is 7.45. The Morgan fingerprint density at radius 3 is 2.40 bits per heavy atom. The molecule has 0 aromatic carbocycles. The van der Waals surface area contributed by atoms with Gasteiger partial charge in [0.05, 0.1) is 0 Å². The maximum atomic E-state index is 3.59. The maximum absolute atomic E-state index is 3.59. The van der Waals surface area contributed by atoms with Gasteiger partial charge in [0.2, 0.25) is 0 Å². The van der Waals surface area contributed by atoms with E-state index in [1.807, 2.05) is 0 Å². The average Bonchev–Trinajstić information content (AvgIpc) is 2.70.